The summed E-state index contributed by atoms with van der Waals surface area (Å²) in [5, 5.41) is 0. The van der Waals surface area contributed by atoms with Gasteiger partial charge in [0.1, 0.15) is 0 Å². The Labute approximate surface area is 87.4 Å². The van der Waals surface area contributed by atoms with Gasteiger partial charge in [0.05, 0.1) is 19.4 Å². The molecule has 0 saturated carbocycles. The van der Waals surface area contributed by atoms with Crippen LogP contribution in [0.3, 0.4) is 0 Å². The summed E-state index contributed by atoms with van der Waals surface area (Å²) in [5.74, 6) is -0.507. The van der Waals surface area contributed by atoms with Crippen molar-refractivity contribution in [2.45, 2.75) is 13.5 Å². The van der Waals surface area contributed by atoms with Crippen LogP contribution in [0.25, 0.3) is 0 Å². The predicted molar refractivity (Wildman–Crippen MR) is 52.4 cm³/mol. The first kappa shape index (κ1) is 11.4. The van der Waals surface area contributed by atoms with E-state index in [4.69, 9.17) is 15.2 Å². The van der Waals surface area contributed by atoms with E-state index in [0.29, 0.717) is 12.3 Å². The minimum absolute atomic E-state index is 0.112. The number of ether oxygens (including phenoxy) is 2. The van der Waals surface area contributed by atoms with Crippen molar-refractivity contribution in [1.82, 2.24) is 9.97 Å². The third kappa shape index (κ3) is 2.88. The first-order valence-electron chi connectivity index (χ1n) is 4.50. The molecule has 15 heavy (non-hydrogen) atoms. The molecule has 1 aromatic rings. The number of hydrogen-bond donors (Lipinski definition) is 1. The molecule has 1 heterocycles. The molecule has 0 atom stereocenters. The zero-order chi connectivity index (χ0) is 11.3. The Hall–Kier alpha value is -1.69. The summed E-state index contributed by atoms with van der Waals surface area (Å²) in [6, 6.07) is 1.60. The average Bonchev–Trinajstić information content (AvgIpc) is 2.28. The van der Waals surface area contributed by atoms with Crippen LogP contribution in [0, 0.1) is 0 Å². The first-order valence-corrected chi connectivity index (χ1v) is 4.50. The molecule has 0 aromatic carbocycles. The number of rotatable bonds is 4. The van der Waals surface area contributed by atoms with E-state index in [1.165, 1.54) is 13.2 Å². The number of carbonyl (C=O) groups is 1. The number of nitrogens with zero attached hydrogens (tertiary/aromatic N) is 2. The summed E-state index contributed by atoms with van der Waals surface area (Å²) >= 11 is 0. The second-order valence-electron chi connectivity index (χ2n) is 2.66. The van der Waals surface area contributed by atoms with Crippen LogP contribution in [-0.4, -0.2) is 29.7 Å². The molecular formula is C9H13N3O3. The smallest absolute Gasteiger partial charge is 0.357 e. The fraction of sp³-hybridized carbons (Fsp3) is 0.444. The van der Waals surface area contributed by atoms with Crippen molar-refractivity contribution in [2.75, 3.05) is 13.7 Å². The van der Waals surface area contributed by atoms with Crippen LogP contribution < -0.4 is 10.5 Å². The van der Waals surface area contributed by atoms with Gasteiger partial charge in [0, 0.05) is 6.54 Å². The molecule has 82 valence electrons. The van der Waals surface area contributed by atoms with Crippen LogP contribution in [0.15, 0.2) is 6.07 Å². The quantitative estimate of drug-likeness (QED) is 0.712. The fourth-order valence-electron chi connectivity index (χ4n) is 0.979. The molecule has 0 radical (unpaired) electrons. The second kappa shape index (κ2) is 5.26. The Morgan fingerprint density at radius 3 is 2.80 bits per heavy atom. The van der Waals surface area contributed by atoms with Crippen LogP contribution in [0.1, 0.15) is 23.1 Å². The van der Waals surface area contributed by atoms with E-state index >= 15 is 0 Å². The van der Waals surface area contributed by atoms with Crippen LogP contribution in [0.4, 0.5) is 0 Å². The second-order valence-corrected chi connectivity index (χ2v) is 2.66. The van der Waals surface area contributed by atoms with Gasteiger partial charge in [0.25, 0.3) is 0 Å². The molecule has 2 N–H and O–H groups in total. The molecule has 0 saturated heterocycles. The summed E-state index contributed by atoms with van der Waals surface area (Å²) < 4.78 is 9.64. The highest BCUT2D eigenvalue weighted by Gasteiger charge is 2.12. The van der Waals surface area contributed by atoms with Gasteiger partial charge in [-0.05, 0) is 13.0 Å². The summed E-state index contributed by atoms with van der Waals surface area (Å²) in [6.45, 7) is 2.23. The average molecular weight is 211 g/mol. The molecule has 1 rings (SSSR count). The largest absolute Gasteiger partial charge is 0.467 e. The number of carbonyl (C=O) groups excluding carboxylic acids is 1. The maximum atomic E-state index is 11.4. The molecule has 0 aliphatic carbocycles. The maximum Gasteiger partial charge on any atom is 0.357 e. The van der Waals surface area contributed by atoms with Crippen LogP contribution in [0.5, 0.6) is 6.01 Å². The Bertz CT molecular complexity index is 332. The van der Waals surface area contributed by atoms with Gasteiger partial charge in [-0.25, -0.2) is 4.79 Å². The van der Waals surface area contributed by atoms with Gasteiger partial charge in [-0.3, -0.25) is 0 Å². The monoisotopic (exact) mass is 211 g/mol. The van der Waals surface area contributed by atoms with E-state index in [9.17, 15) is 4.79 Å². The maximum absolute atomic E-state index is 11.4. The van der Waals surface area contributed by atoms with Crippen LogP contribution >= 0.6 is 0 Å². The molecule has 6 nitrogen and oxygen atoms in total. The summed E-state index contributed by atoms with van der Waals surface area (Å²) in [5.41, 5.74) is 6.11. The number of esters is 1. The SMILES string of the molecule is CCOC(=O)c1cc(CN)nc(OC)n1. The van der Waals surface area contributed by atoms with Gasteiger partial charge in [-0.2, -0.15) is 9.97 Å². The third-order valence-electron chi connectivity index (χ3n) is 1.63. The van der Waals surface area contributed by atoms with Gasteiger partial charge in [-0.1, -0.05) is 0 Å². The summed E-state index contributed by atoms with van der Waals surface area (Å²) in [6.07, 6.45) is 0. The fourth-order valence-corrected chi connectivity index (χ4v) is 0.979. The van der Waals surface area contributed by atoms with Gasteiger partial charge in [0.2, 0.25) is 0 Å². The molecule has 0 unspecified atom stereocenters. The van der Waals surface area contributed by atoms with Crippen molar-refractivity contribution in [2.24, 2.45) is 5.73 Å². The zero-order valence-electron chi connectivity index (χ0n) is 8.69. The lowest BCUT2D eigenvalue weighted by Crippen LogP contribution is -2.11. The van der Waals surface area contributed by atoms with Crippen molar-refractivity contribution in [3.05, 3.63) is 17.5 Å². The minimum atomic E-state index is -0.507. The lowest BCUT2D eigenvalue weighted by Gasteiger charge is -2.05. The highest BCUT2D eigenvalue weighted by Crippen LogP contribution is 2.08. The predicted octanol–water partition coefficient (Wildman–Crippen LogP) is 0.121. The van der Waals surface area contributed by atoms with E-state index in [1.807, 2.05) is 0 Å². The minimum Gasteiger partial charge on any atom is -0.467 e. The number of methoxy groups -OCH3 is 1. The van der Waals surface area contributed by atoms with Crippen molar-refractivity contribution in [3.63, 3.8) is 0 Å². The van der Waals surface area contributed by atoms with E-state index < -0.39 is 5.97 Å². The molecule has 0 amide bonds. The third-order valence-corrected chi connectivity index (χ3v) is 1.63. The molecule has 0 bridgehead atoms. The van der Waals surface area contributed by atoms with E-state index in [0.717, 1.165) is 0 Å². The standard InChI is InChI=1S/C9H13N3O3/c1-3-15-8(13)7-4-6(5-10)11-9(12-7)14-2/h4H,3,5,10H2,1-2H3. The molecule has 0 aliphatic heterocycles. The Morgan fingerprint density at radius 2 is 2.27 bits per heavy atom. The Balaban J connectivity index is 3.01. The number of hydrogen-bond acceptors (Lipinski definition) is 6. The molecule has 1 aromatic heterocycles. The van der Waals surface area contributed by atoms with Gasteiger partial charge in [0.15, 0.2) is 5.69 Å². The van der Waals surface area contributed by atoms with Gasteiger partial charge >= 0.3 is 12.0 Å². The lowest BCUT2D eigenvalue weighted by molar-refractivity contribution is 0.0518. The highest BCUT2D eigenvalue weighted by molar-refractivity contribution is 5.87. The van der Waals surface area contributed by atoms with Crippen molar-refractivity contribution < 1.29 is 14.3 Å². The zero-order valence-corrected chi connectivity index (χ0v) is 8.69. The van der Waals surface area contributed by atoms with Crippen molar-refractivity contribution >= 4 is 5.97 Å². The van der Waals surface area contributed by atoms with Crippen molar-refractivity contribution in [1.29, 1.82) is 0 Å². The first-order chi connectivity index (χ1) is 7.21. The van der Waals surface area contributed by atoms with Crippen LogP contribution in [-0.2, 0) is 11.3 Å². The van der Waals surface area contributed by atoms with Gasteiger partial charge < -0.3 is 15.2 Å². The topological polar surface area (TPSA) is 87.3 Å². The van der Waals surface area contributed by atoms with E-state index in [1.54, 1.807) is 6.92 Å². The molecule has 6 heteroatoms. The number of nitrogens with two attached hydrogens (primary N) is 1. The summed E-state index contributed by atoms with van der Waals surface area (Å²) in [7, 11) is 1.42. The Kier molecular flexibility index (Phi) is 3.99. The lowest BCUT2D eigenvalue weighted by atomic mass is 10.3. The van der Waals surface area contributed by atoms with Crippen LogP contribution in [0.2, 0.25) is 0 Å². The molecule has 0 aliphatic rings. The number of aromatic nitrogens is 2. The highest BCUT2D eigenvalue weighted by atomic mass is 16.5. The molecule has 0 fully saturated rings. The molecular weight excluding hydrogens is 198 g/mol. The normalized spacial score (nSPS) is 9.80. The van der Waals surface area contributed by atoms with Gasteiger partial charge in [-0.15, -0.1) is 0 Å². The van der Waals surface area contributed by atoms with E-state index in [2.05, 4.69) is 9.97 Å². The Morgan fingerprint density at radius 1 is 1.53 bits per heavy atom. The summed E-state index contributed by atoms with van der Waals surface area (Å²) in [4.78, 5) is 19.2. The molecule has 0 spiro atoms. The van der Waals surface area contributed by atoms with E-state index in [-0.39, 0.29) is 18.2 Å². The van der Waals surface area contributed by atoms with Crippen molar-refractivity contribution in [3.8, 4) is 6.01 Å².